The summed E-state index contributed by atoms with van der Waals surface area (Å²) < 4.78 is 30.7. The number of rotatable bonds is 2. The highest BCUT2D eigenvalue weighted by molar-refractivity contribution is 5.85. The molecule has 0 spiro atoms. The Bertz CT molecular complexity index is 531. The lowest BCUT2D eigenvalue weighted by Gasteiger charge is -1.94. The summed E-state index contributed by atoms with van der Waals surface area (Å²) in [5, 5.41) is 8.85. The van der Waals surface area contributed by atoms with E-state index in [0.717, 1.165) is 12.3 Å². The van der Waals surface area contributed by atoms with Crippen molar-refractivity contribution in [2.75, 3.05) is 0 Å². The molecule has 0 aliphatic heterocycles. The van der Waals surface area contributed by atoms with Gasteiger partial charge in [-0.25, -0.2) is 4.39 Å². The first kappa shape index (κ1) is 9.64. The maximum atomic E-state index is 13.1. The van der Waals surface area contributed by atoms with Gasteiger partial charge in [-0.1, -0.05) is 0 Å². The van der Waals surface area contributed by atoms with Crippen molar-refractivity contribution < 1.29 is 23.1 Å². The van der Waals surface area contributed by atoms with E-state index in [0.29, 0.717) is 5.56 Å². The van der Waals surface area contributed by atoms with Gasteiger partial charge in [0.2, 0.25) is 5.82 Å². The van der Waals surface area contributed by atoms with Gasteiger partial charge in [0, 0.05) is 10.9 Å². The molecule has 0 amide bonds. The van der Waals surface area contributed by atoms with Crippen molar-refractivity contribution in [1.82, 2.24) is 0 Å². The number of aliphatic carboxylic acids is 1. The Balaban J connectivity index is 2.61. The SMILES string of the molecule is O=C(O)Cc1coc2c(F)c(F)ccc12. The van der Waals surface area contributed by atoms with E-state index in [-0.39, 0.29) is 17.4 Å². The standard InChI is InChI=1S/C10H6F2O3/c11-7-2-1-6-5(3-8(13)14)4-15-10(6)9(7)12/h1-2,4H,3H2,(H,13,14). The summed E-state index contributed by atoms with van der Waals surface area (Å²) in [5.74, 6) is -3.16. The number of fused-ring (bicyclic) bond motifs is 1. The van der Waals surface area contributed by atoms with Gasteiger partial charge in [-0.05, 0) is 12.1 Å². The molecule has 1 aromatic heterocycles. The van der Waals surface area contributed by atoms with Crippen molar-refractivity contribution in [1.29, 1.82) is 0 Å². The van der Waals surface area contributed by atoms with Gasteiger partial charge in [0.1, 0.15) is 0 Å². The van der Waals surface area contributed by atoms with Crippen LogP contribution in [0.4, 0.5) is 8.78 Å². The van der Waals surface area contributed by atoms with E-state index >= 15 is 0 Å². The number of carbonyl (C=O) groups is 1. The van der Waals surface area contributed by atoms with Crippen molar-refractivity contribution in [3.63, 3.8) is 0 Å². The van der Waals surface area contributed by atoms with Gasteiger partial charge >= 0.3 is 5.97 Å². The predicted octanol–water partition coefficient (Wildman–Crippen LogP) is 2.34. The van der Waals surface area contributed by atoms with Gasteiger partial charge < -0.3 is 9.52 Å². The summed E-state index contributed by atoms with van der Waals surface area (Å²) in [4.78, 5) is 10.5. The highest BCUT2D eigenvalue weighted by Crippen LogP contribution is 2.25. The number of benzene rings is 1. The van der Waals surface area contributed by atoms with E-state index in [4.69, 9.17) is 9.52 Å². The normalized spacial score (nSPS) is 10.8. The van der Waals surface area contributed by atoms with Crippen LogP contribution < -0.4 is 0 Å². The third-order valence-corrected chi connectivity index (χ3v) is 2.06. The molecule has 0 saturated heterocycles. The Morgan fingerprint density at radius 1 is 1.40 bits per heavy atom. The first-order chi connectivity index (χ1) is 7.09. The van der Waals surface area contributed by atoms with Crippen LogP contribution >= 0.6 is 0 Å². The molecule has 0 aliphatic carbocycles. The van der Waals surface area contributed by atoms with Crippen molar-refractivity contribution in [3.05, 3.63) is 35.6 Å². The molecule has 2 aromatic rings. The zero-order chi connectivity index (χ0) is 11.0. The summed E-state index contributed by atoms with van der Waals surface area (Å²) in [6.07, 6.45) is 0.847. The monoisotopic (exact) mass is 212 g/mol. The quantitative estimate of drug-likeness (QED) is 0.831. The Morgan fingerprint density at radius 3 is 2.80 bits per heavy atom. The van der Waals surface area contributed by atoms with Crippen molar-refractivity contribution in [2.24, 2.45) is 0 Å². The third-order valence-electron chi connectivity index (χ3n) is 2.06. The maximum Gasteiger partial charge on any atom is 0.307 e. The van der Waals surface area contributed by atoms with Crippen molar-refractivity contribution in [2.45, 2.75) is 6.42 Å². The van der Waals surface area contributed by atoms with E-state index in [1.165, 1.54) is 6.07 Å². The van der Waals surface area contributed by atoms with Crippen LogP contribution in [-0.4, -0.2) is 11.1 Å². The summed E-state index contributed by atoms with van der Waals surface area (Å²) in [7, 11) is 0. The van der Waals surface area contributed by atoms with Gasteiger partial charge in [-0.3, -0.25) is 4.79 Å². The van der Waals surface area contributed by atoms with Gasteiger partial charge in [0.25, 0.3) is 0 Å². The lowest BCUT2D eigenvalue weighted by Crippen LogP contribution is -1.98. The number of hydrogen-bond acceptors (Lipinski definition) is 2. The fraction of sp³-hybridized carbons (Fsp3) is 0.100. The van der Waals surface area contributed by atoms with E-state index in [1.54, 1.807) is 0 Å². The van der Waals surface area contributed by atoms with E-state index in [2.05, 4.69) is 0 Å². The zero-order valence-electron chi connectivity index (χ0n) is 7.46. The number of hydrogen-bond donors (Lipinski definition) is 1. The van der Waals surface area contributed by atoms with E-state index in [1.807, 2.05) is 0 Å². The summed E-state index contributed by atoms with van der Waals surface area (Å²) >= 11 is 0. The summed E-state index contributed by atoms with van der Waals surface area (Å²) in [5.41, 5.74) is 0.0858. The molecule has 0 aliphatic rings. The number of halogens is 2. The molecule has 5 heteroatoms. The molecule has 1 heterocycles. The molecule has 0 unspecified atom stereocenters. The highest BCUT2D eigenvalue weighted by atomic mass is 19.2. The number of carboxylic acid groups (broad SMARTS) is 1. The Labute approximate surface area is 82.9 Å². The first-order valence-electron chi connectivity index (χ1n) is 4.15. The Hall–Kier alpha value is -1.91. The molecule has 1 N–H and O–H groups in total. The van der Waals surface area contributed by atoms with Crippen LogP contribution in [0, 0.1) is 11.6 Å². The summed E-state index contributed by atoms with van der Waals surface area (Å²) in [6, 6.07) is 2.24. The fourth-order valence-corrected chi connectivity index (χ4v) is 1.39. The molecule has 1 aromatic carbocycles. The van der Waals surface area contributed by atoms with Crippen molar-refractivity contribution >= 4 is 16.9 Å². The Morgan fingerprint density at radius 2 is 2.13 bits per heavy atom. The largest absolute Gasteiger partial charge is 0.481 e. The van der Waals surface area contributed by atoms with Gasteiger partial charge in [0.05, 0.1) is 12.7 Å². The van der Waals surface area contributed by atoms with Crippen LogP contribution in [0.3, 0.4) is 0 Å². The zero-order valence-corrected chi connectivity index (χ0v) is 7.46. The van der Waals surface area contributed by atoms with Crippen LogP contribution in [-0.2, 0) is 11.2 Å². The molecule has 0 bridgehead atoms. The van der Waals surface area contributed by atoms with E-state index < -0.39 is 17.6 Å². The van der Waals surface area contributed by atoms with Gasteiger partial charge in [-0.15, -0.1) is 0 Å². The van der Waals surface area contributed by atoms with Gasteiger partial charge in [0.15, 0.2) is 11.4 Å². The first-order valence-corrected chi connectivity index (χ1v) is 4.15. The minimum absolute atomic E-state index is 0.244. The molecule has 0 radical (unpaired) electrons. The van der Waals surface area contributed by atoms with Crippen LogP contribution in [0.15, 0.2) is 22.8 Å². The minimum Gasteiger partial charge on any atom is -0.481 e. The number of furan rings is 1. The molecule has 0 saturated carbocycles. The van der Waals surface area contributed by atoms with Crippen LogP contribution in [0.1, 0.15) is 5.56 Å². The van der Waals surface area contributed by atoms with Gasteiger partial charge in [-0.2, -0.15) is 4.39 Å². The second-order valence-electron chi connectivity index (χ2n) is 3.07. The number of carboxylic acids is 1. The second-order valence-corrected chi connectivity index (χ2v) is 3.07. The lowest BCUT2D eigenvalue weighted by molar-refractivity contribution is -0.136. The molecular formula is C10H6F2O3. The topological polar surface area (TPSA) is 50.4 Å². The predicted molar refractivity (Wildman–Crippen MR) is 47.5 cm³/mol. The Kier molecular flexibility index (Phi) is 2.15. The fourth-order valence-electron chi connectivity index (χ4n) is 1.39. The van der Waals surface area contributed by atoms with Crippen molar-refractivity contribution in [3.8, 4) is 0 Å². The third kappa shape index (κ3) is 1.56. The van der Waals surface area contributed by atoms with E-state index in [9.17, 15) is 13.6 Å². The smallest absolute Gasteiger partial charge is 0.307 e. The molecule has 0 fully saturated rings. The average Bonchev–Trinajstić information content (AvgIpc) is 2.55. The van der Waals surface area contributed by atoms with Crippen LogP contribution in [0.5, 0.6) is 0 Å². The molecule has 0 atom stereocenters. The second kappa shape index (κ2) is 3.34. The molecular weight excluding hydrogens is 206 g/mol. The molecule has 78 valence electrons. The maximum absolute atomic E-state index is 13.1. The molecule has 2 rings (SSSR count). The highest BCUT2D eigenvalue weighted by Gasteiger charge is 2.15. The van der Waals surface area contributed by atoms with Crippen LogP contribution in [0.2, 0.25) is 0 Å². The molecule has 15 heavy (non-hydrogen) atoms. The van der Waals surface area contributed by atoms with Crippen LogP contribution in [0.25, 0.3) is 11.0 Å². The molecule has 3 nitrogen and oxygen atoms in total. The lowest BCUT2D eigenvalue weighted by atomic mass is 10.1. The average molecular weight is 212 g/mol. The minimum atomic E-state index is -1.09. The summed E-state index contributed by atoms with van der Waals surface area (Å²) in [6.45, 7) is 0.